The third-order valence-electron chi connectivity index (χ3n) is 3.01. The first-order valence-electron chi connectivity index (χ1n) is 6.07. The zero-order valence-corrected chi connectivity index (χ0v) is 13.1. The first kappa shape index (κ1) is 13.8. The summed E-state index contributed by atoms with van der Waals surface area (Å²) in [6.07, 6.45) is 1.30. The van der Waals surface area contributed by atoms with E-state index in [2.05, 4.69) is 19.7 Å². The average Bonchev–Trinajstić information content (AvgIpc) is 2.95. The van der Waals surface area contributed by atoms with Crippen molar-refractivity contribution in [1.29, 1.82) is 0 Å². The normalized spacial score (nSPS) is 11.0. The smallest absolute Gasteiger partial charge is 0.271 e. The number of thiazole rings is 1. The van der Waals surface area contributed by atoms with Crippen molar-refractivity contribution in [3.8, 4) is 0 Å². The number of nitrogens with zero attached hydrogens (tertiary/aromatic N) is 4. The molecule has 0 fully saturated rings. The maximum absolute atomic E-state index is 12.4. The molecule has 0 spiro atoms. The quantitative estimate of drug-likeness (QED) is 0.777. The van der Waals surface area contributed by atoms with E-state index >= 15 is 0 Å². The molecule has 0 saturated carbocycles. The van der Waals surface area contributed by atoms with Crippen LogP contribution in [0.5, 0.6) is 0 Å². The SMILES string of the molecule is Cc1nsc(NC(=O)c2cnc3sc(C)c(C)n3c2=O)n1. The van der Waals surface area contributed by atoms with Crippen LogP contribution in [0.1, 0.15) is 26.8 Å². The Kier molecular flexibility index (Phi) is 3.30. The van der Waals surface area contributed by atoms with Crippen LogP contribution in [0.25, 0.3) is 4.96 Å². The molecule has 21 heavy (non-hydrogen) atoms. The van der Waals surface area contributed by atoms with E-state index in [9.17, 15) is 9.59 Å². The van der Waals surface area contributed by atoms with Gasteiger partial charge in [-0.3, -0.25) is 19.3 Å². The number of carbonyl (C=O) groups excluding carboxylic acids is 1. The molecule has 9 heteroatoms. The summed E-state index contributed by atoms with van der Waals surface area (Å²) in [7, 11) is 0. The van der Waals surface area contributed by atoms with Gasteiger partial charge in [0, 0.05) is 28.3 Å². The minimum absolute atomic E-state index is 0.0127. The number of fused-ring (bicyclic) bond motifs is 1. The van der Waals surface area contributed by atoms with Crippen molar-refractivity contribution < 1.29 is 4.79 Å². The summed E-state index contributed by atoms with van der Waals surface area (Å²) < 4.78 is 5.43. The van der Waals surface area contributed by atoms with Crippen molar-refractivity contribution >= 4 is 38.9 Å². The van der Waals surface area contributed by atoms with Crippen molar-refractivity contribution in [1.82, 2.24) is 18.7 Å². The lowest BCUT2D eigenvalue weighted by atomic mass is 10.3. The minimum Gasteiger partial charge on any atom is -0.296 e. The molecule has 0 aliphatic carbocycles. The maximum atomic E-state index is 12.4. The van der Waals surface area contributed by atoms with Gasteiger partial charge in [0.25, 0.3) is 11.5 Å². The second-order valence-electron chi connectivity index (χ2n) is 4.44. The number of aryl methyl sites for hydroxylation is 3. The summed E-state index contributed by atoms with van der Waals surface area (Å²) >= 11 is 2.49. The van der Waals surface area contributed by atoms with Gasteiger partial charge in [0.05, 0.1) is 0 Å². The largest absolute Gasteiger partial charge is 0.296 e. The fourth-order valence-electron chi connectivity index (χ4n) is 1.84. The van der Waals surface area contributed by atoms with Gasteiger partial charge in [-0.05, 0) is 20.8 Å². The molecule has 0 unspecified atom stereocenters. The third-order valence-corrected chi connectivity index (χ3v) is 4.80. The number of amides is 1. The van der Waals surface area contributed by atoms with E-state index in [1.54, 1.807) is 6.92 Å². The number of hydrogen-bond donors (Lipinski definition) is 1. The van der Waals surface area contributed by atoms with Crippen LogP contribution in [-0.2, 0) is 0 Å². The molecule has 0 aliphatic rings. The highest BCUT2D eigenvalue weighted by atomic mass is 32.1. The Labute approximate surface area is 127 Å². The Morgan fingerprint density at radius 1 is 1.33 bits per heavy atom. The Morgan fingerprint density at radius 3 is 2.76 bits per heavy atom. The monoisotopic (exact) mass is 321 g/mol. The molecule has 3 aromatic rings. The molecule has 3 rings (SSSR count). The molecule has 0 bridgehead atoms. The lowest BCUT2D eigenvalue weighted by molar-refractivity contribution is 0.102. The van der Waals surface area contributed by atoms with Gasteiger partial charge in [0.1, 0.15) is 11.4 Å². The zero-order valence-electron chi connectivity index (χ0n) is 11.5. The highest BCUT2D eigenvalue weighted by molar-refractivity contribution is 7.17. The molecule has 7 nitrogen and oxygen atoms in total. The van der Waals surface area contributed by atoms with Crippen molar-refractivity contribution in [2.45, 2.75) is 20.8 Å². The van der Waals surface area contributed by atoms with E-state index < -0.39 is 5.91 Å². The van der Waals surface area contributed by atoms with Crippen LogP contribution in [-0.4, -0.2) is 24.6 Å². The number of nitrogens with one attached hydrogen (secondary N) is 1. The van der Waals surface area contributed by atoms with E-state index in [1.807, 2.05) is 13.8 Å². The van der Waals surface area contributed by atoms with Crippen LogP contribution in [0.4, 0.5) is 5.13 Å². The maximum Gasteiger partial charge on any atom is 0.271 e. The van der Waals surface area contributed by atoms with Crippen LogP contribution < -0.4 is 10.9 Å². The van der Waals surface area contributed by atoms with Gasteiger partial charge in [-0.2, -0.15) is 4.37 Å². The molecular weight excluding hydrogens is 310 g/mol. The van der Waals surface area contributed by atoms with Crippen molar-refractivity contribution in [3.05, 3.63) is 38.5 Å². The Morgan fingerprint density at radius 2 is 2.10 bits per heavy atom. The predicted molar refractivity (Wildman–Crippen MR) is 81.4 cm³/mol. The molecule has 1 N–H and O–H groups in total. The first-order valence-corrected chi connectivity index (χ1v) is 7.66. The highest BCUT2D eigenvalue weighted by Crippen LogP contribution is 2.18. The fourth-order valence-corrected chi connectivity index (χ4v) is 3.34. The summed E-state index contributed by atoms with van der Waals surface area (Å²) in [4.78, 5) is 34.4. The number of carbonyl (C=O) groups is 1. The van der Waals surface area contributed by atoms with Crippen LogP contribution >= 0.6 is 22.9 Å². The fraction of sp³-hybridized carbons (Fsp3) is 0.250. The molecule has 0 aliphatic heterocycles. The third kappa shape index (κ3) is 2.34. The summed E-state index contributed by atoms with van der Waals surface area (Å²) in [6, 6.07) is 0. The van der Waals surface area contributed by atoms with Crippen LogP contribution in [0.3, 0.4) is 0 Å². The average molecular weight is 321 g/mol. The lowest BCUT2D eigenvalue weighted by Gasteiger charge is -2.02. The van der Waals surface area contributed by atoms with Crippen molar-refractivity contribution in [2.75, 3.05) is 5.32 Å². The van der Waals surface area contributed by atoms with Crippen molar-refractivity contribution in [2.24, 2.45) is 0 Å². The summed E-state index contributed by atoms with van der Waals surface area (Å²) in [5.74, 6) is 0.0474. The molecule has 3 heterocycles. The number of aromatic nitrogens is 4. The molecule has 0 radical (unpaired) electrons. The Bertz CT molecular complexity index is 908. The minimum atomic E-state index is -0.527. The number of hydrogen-bond acceptors (Lipinski definition) is 7. The molecule has 0 saturated heterocycles. The summed E-state index contributed by atoms with van der Waals surface area (Å²) in [5, 5.41) is 2.93. The predicted octanol–water partition coefficient (Wildman–Crippen LogP) is 1.79. The first-order chi connectivity index (χ1) is 9.97. The second kappa shape index (κ2) is 5.01. The van der Waals surface area contributed by atoms with E-state index in [4.69, 9.17) is 0 Å². The molecular formula is C12H11N5O2S2. The molecule has 1 amide bonds. The van der Waals surface area contributed by atoms with Gasteiger partial charge in [0.2, 0.25) is 5.13 Å². The number of anilines is 1. The number of rotatable bonds is 2. The van der Waals surface area contributed by atoms with Gasteiger partial charge in [-0.15, -0.1) is 11.3 Å². The van der Waals surface area contributed by atoms with Gasteiger partial charge in [-0.1, -0.05) is 0 Å². The van der Waals surface area contributed by atoms with Crippen molar-refractivity contribution in [3.63, 3.8) is 0 Å². The molecule has 0 aromatic carbocycles. The van der Waals surface area contributed by atoms with E-state index in [0.717, 1.165) is 22.1 Å². The van der Waals surface area contributed by atoms with E-state index in [0.29, 0.717) is 15.9 Å². The Hall–Kier alpha value is -2.13. The van der Waals surface area contributed by atoms with Gasteiger partial charge in [-0.25, -0.2) is 9.97 Å². The van der Waals surface area contributed by atoms with Gasteiger partial charge < -0.3 is 0 Å². The standard InChI is InChI=1S/C12H11N5O2S2/c1-5-6(2)20-12-13-4-8(10(19)17(5)12)9(18)15-11-14-7(3)16-21-11/h4H,1-3H3,(H,14,15,16,18). The van der Waals surface area contributed by atoms with Crippen LogP contribution in [0.15, 0.2) is 11.0 Å². The van der Waals surface area contributed by atoms with Crippen LogP contribution in [0, 0.1) is 20.8 Å². The van der Waals surface area contributed by atoms with E-state index in [1.165, 1.54) is 21.9 Å². The second-order valence-corrected chi connectivity index (χ2v) is 6.37. The Balaban J connectivity index is 2.04. The summed E-state index contributed by atoms with van der Waals surface area (Å²) in [5.41, 5.74) is 0.413. The van der Waals surface area contributed by atoms with Gasteiger partial charge >= 0.3 is 0 Å². The zero-order chi connectivity index (χ0) is 15.1. The molecule has 3 aromatic heterocycles. The molecule has 0 atom stereocenters. The summed E-state index contributed by atoms with van der Waals surface area (Å²) in [6.45, 7) is 5.47. The highest BCUT2D eigenvalue weighted by Gasteiger charge is 2.17. The lowest BCUT2D eigenvalue weighted by Crippen LogP contribution is -2.26. The molecule has 108 valence electrons. The van der Waals surface area contributed by atoms with Gasteiger partial charge in [0.15, 0.2) is 4.96 Å². The van der Waals surface area contributed by atoms with Crippen LogP contribution in [0.2, 0.25) is 0 Å². The van der Waals surface area contributed by atoms with E-state index in [-0.39, 0.29) is 11.1 Å². The topological polar surface area (TPSA) is 89.3 Å².